The Balaban J connectivity index is 1.92. The quantitative estimate of drug-likeness (QED) is 0.859. The number of nitrogen functional groups attached to an aromatic ring is 1. The van der Waals surface area contributed by atoms with Gasteiger partial charge >= 0.3 is 0 Å². The van der Waals surface area contributed by atoms with Crippen molar-refractivity contribution >= 4 is 17.2 Å². The normalized spacial score (nSPS) is 12.8. The number of benzene rings is 1. The van der Waals surface area contributed by atoms with E-state index in [9.17, 15) is 0 Å². The Hall–Kier alpha value is -2.54. The minimum absolute atomic E-state index is 0.394. The molecule has 0 atom stereocenters. The molecule has 4 nitrogen and oxygen atoms in total. The minimum atomic E-state index is 0.394. The summed E-state index contributed by atoms with van der Waals surface area (Å²) in [6, 6.07) is 9.99. The lowest BCUT2D eigenvalue weighted by molar-refractivity contribution is 0.912. The number of rotatable bonds is 2. The fraction of sp³-hybridized carbons (Fsp3) is 0.200. The molecule has 4 heteroatoms. The molecule has 2 aromatic rings. The molecule has 0 aliphatic heterocycles. The average Bonchev–Trinajstić information content (AvgIpc) is 2.88. The second kappa shape index (κ2) is 4.62. The Morgan fingerprint density at radius 3 is 2.89 bits per heavy atom. The minimum Gasteiger partial charge on any atom is -0.395 e. The molecule has 0 amide bonds. The summed E-state index contributed by atoms with van der Waals surface area (Å²) in [6.45, 7) is 0. The van der Waals surface area contributed by atoms with Crippen LogP contribution in [0.5, 0.6) is 0 Å². The highest BCUT2D eigenvalue weighted by molar-refractivity contribution is 5.74. The maximum absolute atomic E-state index is 8.95. The third kappa shape index (κ3) is 2.11. The van der Waals surface area contributed by atoms with Gasteiger partial charge in [-0.15, -0.1) is 0 Å². The fourth-order valence-electron chi connectivity index (χ4n) is 2.46. The molecular formula is C15H14N4. The Bertz CT molecular complexity index is 670. The van der Waals surface area contributed by atoms with Crippen LogP contribution in [0.25, 0.3) is 0 Å². The summed E-state index contributed by atoms with van der Waals surface area (Å²) in [4.78, 5) is 4.19. The largest absolute Gasteiger partial charge is 0.395 e. The van der Waals surface area contributed by atoms with E-state index in [1.54, 1.807) is 12.3 Å². The van der Waals surface area contributed by atoms with Crippen molar-refractivity contribution < 1.29 is 0 Å². The standard InChI is InChI=1S/C15H14N4/c16-9-12-6-7-18-15(14(12)17)19-13-5-4-10-2-1-3-11(10)8-13/h4-8H,1-3,17H2,(H,18,19). The molecule has 1 aliphatic rings. The van der Waals surface area contributed by atoms with Crippen molar-refractivity contribution in [2.45, 2.75) is 19.3 Å². The summed E-state index contributed by atoms with van der Waals surface area (Å²) in [5, 5.41) is 12.1. The zero-order valence-electron chi connectivity index (χ0n) is 10.5. The van der Waals surface area contributed by atoms with Gasteiger partial charge in [-0.1, -0.05) is 6.07 Å². The molecule has 1 aromatic carbocycles. The number of aromatic nitrogens is 1. The number of pyridine rings is 1. The number of aryl methyl sites for hydroxylation is 2. The van der Waals surface area contributed by atoms with E-state index in [0.29, 0.717) is 17.1 Å². The van der Waals surface area contributed by atoms with Crippen molar-refractivity contribution in [2.24, 2.45) is 0 Å². The van der Waals surface area contributed by atoms with Crippen molar-refractivity contribution in [1.82, 2.24) is 4.98 Å². The van der Waals surface area contributed by atoms with Crippen molar-refractivity contribution in [2.75, 3.05) is 11.1 Å². The van der Waals surface area contributed by atoms with Crippen molar-refractivity contribution in [3.63, 3.8) is 0 Å². The van der Waals surface area contributed by atoms with Gasteiger partial charge in [0, 0.05) is 11.9 Å². The molecule has 0 saturated heterocycles. The van der Waals surface area contributed by atoms with Crippen LogP contribution in [0.3, 0.4) is 0 Å². The fourth-order valence-corrected chi connectivity index (χ4v) is 2.46. The molecule has 0 saturated carbocycles. The van der Waals surface area contributed by atoms with Crippen LogP contribution >= 0.6 is 0 Å². The average molecular weight is 250 g/mol. The zero-order chi connectivity index (χ0) is 13.2. The maximum Gasteiger partial charge on any atom is 0.154 e. The zero-order valence-corrected chi connectivity index (χ0v) is 10.5. The van der Waals surface area contributed by atoms with Crippen LogP contribution in [0.2, 0.25) is 0 Å². The highest BCUT2D eigenvalue weighted by Gasteiger charge is 2.12. The van der Waals surface area contributed by atoms with Gasteiger partial charge in [0.05, 0.1) is 11.3 Å². The van der Waals surface area contributed by atoms with Crippen molar-refractivity contribution in [1.29, 1.82) is 5.26 Å². The lowest BCUT2D eigenvalue weighted by Gasteiger charge is -2.10. The van der Waals surface area contributed by atoms with Crippen molar-refractivity contribution in [3.8, 4) is 6.07 Å². The van der Waals surface area contributed by atoms with Gasteiger partial charge in [-0.3, -0.25) is 0 Å². The van der Waals surface area contributed by atoms with Gasteiger partial charge in [-0.05, 0) is 48.6 Å². The highest BCUT2D eigenvalue weighted by atomic mass is 15.0. The summed E-state index contributed by atoms with van der Waals surface area (Å²) < 4.78 is 0. The van der Waals surface area contributed by atoms with Crippen LogP contribution in [0.15, 0.2) is 30.5 Å². The van der Waals surface area contributed by atoms with Crippen LogP contribution in [0.1, 0.15) is 23.1 Å². The Kier molecular flexibility index (Phi) is 2.81. The maximum atomic E-state index is 8.95. The summed E-state index contributed by atoms with van der Waals surface area (Å²) in [5.41, 5.74) is 10.5. The van der Waals surface area contributed by atoms with E-state index in [4.69, 9.17) is 11.0 Å². The lowest BCUT2D eigenvalue weighted by Crippen LogP contribution is -2.01. The number of hydrogen-bond acceptors (Lipinski definition) is 4. The highest BCUT2D eigenvalue weighted by Crippen LogP contribution is 2.28. The van der Waals surface area contributed by atoms with E-state index in [2.05, 4.69) is 28.5 Å². The molecule has 94 valence electrons. The topological polar surface area (TPSA) is 74.7 Å². The van der Waals surface area contributed by atoms with Gasteiger partial charge in [0.1, 0.15) is 6.07 Å². The first-order chi connectivity index (χ1) is 9.28. The Morgan fingerprint density at radius 1 is 1.21 bits per heavy atom. The molecule has 0 spiro atoms. The third-order valence-corrected chi connectivity index (χ3v) is 3.47. The predicted molar refractivity (Wildman–Crippen MR) is 75.1 cm³/mol. The first-order valence-electron chi connectivity index (χ1n) is 6.31. The Morgan fingerprint density at radius 2 is 2.05 bits per heavy atom. The van der Waals surface area contributed by atoms with Crippen LogP contribution in [-0.2, 0) is 12.8 Å². The molecule has 1 aromatic heterocycles. The van der Waals surface area contributed by atoms with Crippen molar-refractivity contribution in [3.05, 3.63) is 47.2 Å². The van der Waals surface area contributed by atoms with Gasteiger partial charge in [0.15, 0.2) is 5.82 Å². The summed E-state index contributed by atoms with van der Waals surface area (Å²) in [7, 11) is 0. The van der Waals surface area contributed by atoms with E-state index in [1.165, 1.54) is 24.0 Å². The van der Waals surface area contributed by atoms with E-state index >= 15 is 0 Å². The first-order valence-corrected chi connectivity index (χ1v) is 6.31. The number of nitrogens with one attached hydrogen (secondary N) is 1. The van der Waals surface area contributed by atoms with Crippen LogP contribution in [-0.4, -0.2) is 4.98 Å². The number of fused-ring (bicyclic) bond motifs is 1. The predicted octanol–water partition coefficient (Wildman–Crippen LogP) is 2.77. The van der Waals surface area contributed by atoms with E-state index in [1.807, 2.05) is 6.07 Å². The number of nitriles is 1. The molecule has 3 rings (SSSR count). The summed E-state index contributed by atoms with van der Waals surface area (Å²) in [6.07, 6.45) is 5.11. The second-order valence-electron chi connectivity index (χ2n) is 4.69. The van der Waals surface area contributed by atoms with Crippen LogP contribution < -0.4 is 11.1 Å². The second-order valence-corrected chi connectivity index (χ2v) is 4.69. The molecule has 0 unspecified atom stereocenters. The van der Waals surface area contributed by atoms with E-state index < -0.39 is 0 Å². The Labute approximate surface area is 111 Å². The molecular weight excluding hydrogens is 236 g/mol. The van der Waals surface area contributed by atoms with Gasteiger partial charge in [-0.2, -0.15) is 5.26 Å². The summed E-state index contributed by atoms with van der Waals surface area (Å²) in [5.74, 6) is 0.539. The SMILES string of the molecule is N#Cc1ccnc(Nc2ccc3c(c2)CCC3)c1N. The van der Waals surface area contributed by atoms with Crippen LogP contribution in [0, 0.1) is 11.3 Å². The lowest BCUT2D eigenvalue weighted by atomic mass is 10.1. The molecule has 0 bridgehead atoms. The summed E-state index contributed by atoms with van der Waals surface area (Å²) >= 11 is 0. The van der Waals surface area contributed by atoms with Gasteiger partial charge in [0.25, 0.3) is 0 Å². The van der Waals surface area contributed by atoms with Crippen LogP contribution in [0.4, 0.5) is 17.2 Å². The smallest absolute Gasteiger partial charge is 0.154 e. The molecule has 0 radical (unpaired) electrons. The van der Waals surface area contributed by atoms with Gasteiger partial charge < -0.3 is 11.1 Å². The molecule has 19 heavy (non-hydrogen) atoms. The number of anilines is 3. The van der Waals surface area contributed by atoms with Gasteiger partial charge in [0.2, 0.25) is 0 Å². The third-order valence-electron chi connectivity index (χ3n) is 3.47. The molecule has 0 fully saturated rings. The molecule has 3 N–H and O–H groups in total. The monoisotopic (exact) mass is 250 g/mol. The van der Waals surface area contributed by atoms with Gasteiger partial charge in [-0.25, -0.2) is 4.98 Å². The first kappa shape index (κ1) is 11.5. The molecule has 1 aliphatic carbocycles. The molecule has 1 heterocycles. The van der Waals surface area contributed by atoms with E-state index in [-0.39, 0.29) is 0 Å². The number of hydrogen-bond donors (Lipinski definition) is 2. The number of nitrogens with two attached hydrogens (primary N) is 1. The number of nitrogens with zero attached hydrogens (tertiary/aromatic N) is 2. The van der Waals surface area contributed by atoms with E-state index in [0.717, 1.165) is 12.1 Å².